The van der Waals surface area contributed by atoms with Crippen LogP contribution in [0, 0.1) is 40.5 Å². The first-order valence-corrected chi connectivity index (χ1v) is 7.27. The predicted octanol–water partition coefficient (Wildman–Crippen LogP) is 2.97. The van der Waals surface area contributed by atoms with Crippen LogP contribution in [0.5, 0.6) is 11.5 Å². The van der Waals surface area contributed by atoms with Gasteiger partial charge in [0, 0.05) is 19.1 Å². The Morgan fingerprint density at radius 1 is 1.36 bits per heavy atom. The van der Waals surface area contributed by atoms with E-state index in [0.717, 1.165) is 12.1 Å². The van der Waals surface area contributed by atoms with Gasteiger partial charge in [0.25, 0.3) is 5.15 Å². The molecule has 2 N–H and O–H groups in total. The van der Waals surface area contributed by atoms with Crippen molar-refractivity contribution in [2.24, 2.45) is 0 Å². The van der Waals surface area contributed by atoms with Crippen LogP contribution in [0.3, 0.4) is 0 Å². The lowest BCUT2D eigenvalue weighted by molar-refractivity contribution is -0.610. The lowest BCUT2D eigenvalue weighted by Gasteiger charge is -2.10. The Kier molecular flexibility index (Phi) is 4.81. The molecule has 0 spiro atoms. The largest absolute Gasteiger partial charge is 0.617 e. The molecule has 0 fully saturated rings. The summed E-state index contributed by atoms with van der Waals surface area (Å²) in [6.07, 6.45) is 1.23. The van der Waals surface area contributed by atoms with Gasteiger partial charge in [0.15, 0.2) is 11.4 Å². The zero-order chi connectivity index (χ0) is 18.9. The summed E-state index contributed by atoms with van der Waals surface area (Å²) < 4.78 is 0.464. The lowest BCUT2D eigenvalue weighted by Crippen LogP contribution is -2.32. The van der Waals surface area contributed by atoms with Crippen LogP contribution in [-0.2, 0) is 0 Å². The summed E-state index contributed by atoms with van der Waals surface area (Å²) in [6.45, 7) is 3.23. The number of rotatable bonds is 3. The van der Waals surface area contributed by atoms with Gasteiger partial charge in [-0.05, 0) is 41.8 Å². The van der Waals surface area contributed by atoms with Gasteiger partial charge in [-0.15, -0.1) is 0 Å². The molecule has 2 rings (SSSR count). The topological polar surface area (TPSA) is 134 Å². The number of aromatic hydroxyl groups is 2. The Balaban J connectivity index is 2.71. The second kappa shape index (κ2) is 6.67. The summed E-state index contributed by atoms with van der Waals surface area (Å²) in [7, 11) is 0. The number of pyridine rings is 1. The van der Waals surface area contributed by atoms with Crippen LogP contribution in [0.25, 0.3) is 11.6 Å². The zero-order valence-electron chi connectivity index (χ0n) is 13.1. The fourth-order valence-corrected chi connectivity index (χ4v) is 2.75. The fraction of sp³-hybridized carbons (Fsp3) is 0.125. The summed E-state index contributed by atoms with van der Waals surface area (Å²) in [5.41, 5.74) is 0.453. The van der Waals surface area contributed by atoms with Gasteiger partial charge in [-0.1, -0.05) is 0 Å². The minimum absolute atomic E-state index is 0.0218. The van der Waals surface area contributed by atoms with E-state index >= 15 is 0 Å². The van der Waals surface area contributed by atoms with E-state index in [1.807, 2.05) is 6.07 Å². The first-order chi connectivity index (χ1) is 11.7. The number of aryl methyl sites for hydroxylation is 2. The number of allylic oxidation sites excluding steroid dienone is 1. The monoisotopic (exact) mass is 361 g/mol. The standard InChI is InChI=1S/C16H12ClN3O5/c1-8-3-9(2)19(23)16(17)14(8)11(7-18)4-10-5-12(20(24)25)15(22)13(21)6-10/h3-6,21-22H,1-2H3/b11-4+. The average Bonchev–Trinajstić information content (AvgIpc) is 2.54. The maximum absolute atomic E-state index is 11.9. The van der Waals surface area contributed by atoms with Crippen LogP contribution in [0.2, 0.25) is 5.15 Å². The maximum Gasteiger partial charge on any atom is 0.315 e. The van der Waals surface area contributed by atoms with Crippen molar-refractivity contribution in [1.82, 2.24) is 0 Å². The number of nitriles is 1. The molecule has 1 heterocycles. The van der Waals surface area contributed by atoms with Crippen LogP contribution in [-0.4, -0.2) is 15.1 Å². The van der Waals surface area contributed by atoms with E-state index in [2.05, 4.69) is 0 Å². The number of hydrogen-bond acceptors (Lipinski definition) is 6. The van der Waals surface area contributed by atoms with Gasteiger partial charge < -0.3 is 15.4 Å². The van der Waals surface area contributed by atoms with Gasteiger partial charge in [-0.25, -0.2) is 0 Å². The van der Waals surface area contributed by atoms with Gasteiger partial charge in [0.1, 0.15) is 6.07 Å². The molecule has 0 bridgehead atoms. The van der Waals surface area contributed by atoms with Crippen LogP contribution in [0.15, 0.2) is 18.2 Å². The first-order valence-electron chi connectivity index (χ1n) is 6.89. The Morgan fingerprint density at radius 2 is 2.00 bits per heavy atom. The zero-order valence-corrected chi connectivity index (χ0v) is 13.9. The minimum atomic E-state index is -0.873. The van der Waals surface area contributed by atoms with Gasteiger partial charge in [-0.2, -0.15) is 9.99 Å². The molecule has 0 aliphatic heterocycles. The van der Waals surface area contributed by atoms with Crippen molar-refractivity contribution in [3.8, 4) is 17.6 Å². The van der Waals surface area contributed by atoms with E-state index < -0.39 is 22.1 Å². The summed E-state index contributed by atoms with van der Waals surface area (Å²) in [4.78, 5) is 10.1. The number of nitro groups is 1. The molecule has 9 heteroatoms. The molecular weight excluding hydrogens is 350 g/mol. The maximum atomic E-state index is 11.9. The highest BCUT2D eigenvalue weighted by molar-refractivity contribution is 6.30. The molecule has 1 aromatic carbocycles. The molecule has 0 aliphatic rings. The van der Waals surface area contributed by atoms with Crippen LogP contribution < -0.4 is 4.73 Å². The molecule has 1 aromatic heterocycles. The Labute approximate surface area is 147 Å². The van der Waals surface area contributed by atoms with E-state index in [-0.39, 0.29) is 21.9 Å². The summed E-state index contributed by atoms with van der Waals surface area (Å²) in [6, 6.07) is 5.49. The number of phenols is 2. The van der Waals surface area contributed by atoms with Gasteiger partial charge in [0.05, 0.1) is 16.1 Å². The number of phenolic OH excluding ortho intramolecular Hbond substituents is 2. The molecule has 0 saturated heterocycles. The van der Waals surface area contributed by atoms with Crippen molar-refractivity contribution in [3.05, 3.63) is 61.1 Å². The van der Waals surface area contributed by atoms with Crippen LogP contribution in [0.4, 0.5) is 5.69 Å². The number of hydrogen-bond donors (Lipinski definition) is 2. The lowest BCUT2D eigenvalue weighted by atomic mass is 10.00. The Morgan fingerprint density at radius 3 is 2.56 bits per heavy atom. The van der Waals surface area contributed by atoms with Gasteiger partial charge >= 0.3 is 5.69 Å². The highest BCUT2D eigenvalue weighted by Gasteiger charge is 2.22. The van der Waals surface area contributed by atoms with Gasteiger partial charge in [-0.3, -0.25) is 10.1 Å². The fourth-order valence-electron chi connectivity index (χ4n) is 2.36. The number of nitrogens with zero attached hydrogens (tertiary/aromatic N) is 3. The smallest absolute Gasteiger partial charge is 0.315 e. The SMILES string of the molecule is Cc1cc(C)[n+]([O-])c(Cl)c1/C(C#N)=C/c1cc(O)c(O)c([N+](=O)[O-])c1. The van der Waals surface area contributed by atoms with E-state index in [0.29, 0.717) is 16.0 Å². The molecule has 0 radical (unpaired) electrons. The second-order valence-electron chi connectivity index (χ2n) is 5.26. The van der Waals surface area contributed by atoms with Crippen molar-refractivity contribution in [2.45, 2.75) is 13.8 Å². The molecule has 0 amide bonds. The third kappa shape index (κ3) is 3.32. The number of halogens is 1. The van der Waals surface area contributed by atoms with Crippen molar-refractivity contribution in [2.75, 3.05) is 0 Å². The van der Waals surface area contributed by atoms with Crippen molar-refractivity contribution in [1.29, 1.82) is 5.26 Å². The van der Waals surface area contributed by atoms with E-state index in [4.69, 9.17) is 11.6 Å². The molecule has 0 unspecified atom stereocenters. The van der Waals surface area contributed by atoms with Crippen molar-refractivity contribution >= 4 is 28.9 Å². The normalized spacial score (nSPS) is 11.2. The highest BCUT2D eigenvalue weighted by Crippen LogP contribution is 2.37. The summed E-state index contributed by atoms with van der Waals surface area (Å²) in [5.74, 6) is -1.58. The molecule has 0 atom stereocenters. The molecular formula is C16H12ClN3O5. The average molecular weight is 362 g/mol. The quantitative estimate of drug-likeness (QED) is 0.164. The van der Waals surface area contributed by atoms with Crippen LogP contribution in [0.1, 0.15) is 22.4 Å². The number of benzene rings is 1. The Bertz CT molecular complexity index is 963. The van der Waals surface area contributed by atoms with E-state index in [1.165, 1.54) is 6.08 Å². The molecule has 128 valence electrons. The summed E-state index contributed by atoms with van der Waals surface area (Å²) >= 11 is 6.04. The van der Waals surface area contributed by atoms with Crippen LogP contribution >= 0.6 is 11.6 Å². The molecule has 25 heavy (non-hydrogen) atoms. The third-order valence-corrected chi connectivity index (χ3v) is 3.86. The Hall–Kier alpha value is -3.31. The molecule has 0 aliphatic carbocycles. The highest BCUT2D eigenvalue weighted by atomic mass is 35.5. The van der Waals surface area contributed by atoms with E-state index in [9.17, 15) is 30.8 Å². The first kappa shape index (κ1) is 18.0. The molecule has 0 saturated carbocycles. The van der Waals surface area contributed by atoms with Crippen molar-refractivity contribution < 1.29 is 19.9 Å². The number of aromatic nitrogens is 1. The van der Waals surface area contributed by atoms with E-state index in [1.54, 1.807) is 19.9 Å². The molecule has 8 nitrogen and oxygen atoms in total. The van der Waals surface area contributed by atoms with Crippen molar-refractivity contribution in [3.63, 3.8) is 0 Å². The minimum Gasteiger partial charge on any atom is -0.617 e. The third-order valence-electron chi connectivity index (χ3n) is 3.51. The van der Waals surface area contributed by atoms with Gasteiger partial charge in [0.2, 0.25) is 5.75 Å². The number of nitro benzene ring substituents is 1. The predicted molar refractivity (Wildman–Crippen MR) is 89.8 cm³/mol. The molecule has 2 aromatic rings. The second-order valence-corrected chi connectivity index (χ2v) is 5.62. The summed E-state index contributed by atoms with van der Waals surface area (Å²) in [5, 5.41) is 51.2.